The lowest BCUT2D eigenvalue weighted by molar-refractivity contribution is -0.148. The van der Waals surface area contributed by atoms with Crippen LogP contribution in [0.15, 0.2) is 27.6 Å². The van der Waals surface area contributed by atoms with E-state index in [-0.39, 0.29) is 15.6 Å². The van der Waals surface area contributed by atoms with Gasteiger partial charge in [-0.25, -0.2) is 9.40 Å². The fourth-order valence-electron chi connectivity index (χ4n) is 1.86. The Morgan fingerprint density at radius 1 is 1.58 bits per heavy atom. The highest BCUT2D eigenvalue weighted by Gasteiger charge is 2.42. The number of hydrogen-bond acceptors (Lipinski definition) is 4. The number of nitrogens with zero attached hydrogens (tertiary/aromatic N) is 2. The van der Waals surface area contributed by atoms with Crippen molar-refractivity contribution in [1.82, 2.24) is 5.01 Å². The van der Waals surface area contributed by atoms with Crippen LogP contribution in [0.25, 0.3) is 0 Å². The summed E-state index contributed by atoms with van der Waals surface area (Å²) < 4.78 is 19.0. The highest BCUT2D eigenvalue weighted by atomic mass is 79.9. The fraction of sp³-hybridized carbons (Fsp3) is 0.364. The van der Waals surface area contributed by atoms with Gasteiger partial charge in [-0.15, -0.1) is 0 Å². The SMILES string of the molecule is COC(=O)CN1N=C(Br)C2C(F)=C(Br)C=CC2C1=O. The highest BCUT2D eigenvalue weighted by molar-refractivity contribution is 9.18. The van der Waals surface area contributed by atoms with Gasteiger partial charge in [0.05, 0.1) is 18.9 Å². The Morgan fingerprint density at radius 3 is 2.89 bits per heavy atom. The van der Waals surface area contributed by atoms with Gasteiger partial charge >= 0.3 is 5.97 Å². The number of allylic oxidation sites excluding steroid dienone is 3. The van der Waals surface area contributed by atoms with Crippen LogP contribution in [0.4, 0.5) is 4.39 Å². The minimum Gasteiger partial charge on any atom is -0.468 e. The number of amides is 1. The van der Waals surface area contributed by atoms with Gasteiger partial charge in [-0.1, -0.05) is 6.08 Å². The molecule has 0 fully saturated rings. The zero-order chi connectivity index (χ0) is 14.2. The summed E-state index contributed by atoms with van der Waals surface area (Å²) in [7, 11) is 1.22. The molecule has 2 unspecified atom stereocenters. The van der Waals surface area contributed by atoms with Crippen molar-refractivity contribution in [2.45, 2.75) is 0 Å². The number of fused-ring (bicyclic) bond motifs is 1. The van der Waals surface area contributed by atoms with Gasteiger partial charge in [0.15, 0.2) is 0 Å². The minimum absolute atomic E-state index is 0.264. The molecular weight excluding hydrogens is 387 g/mol. The molecule has 0 aromatic heterocycles. The van der Waals surface area contributed by atoms with Gasteiger partial charge in [0.25, 0.3) is 5.91 Å². The van der Waals surface area contributed by atoms with Crippen molar-refractivity contribution < 1.29 is 18.7 Å². The predicted octanol–water partition coefficient (Wildman–Crippen LogP) is 2.09. The van der Waals surface area contributed by atoms with E-state index >= 15 is 0 Å². The third-order valence-corrected chi connectivity index (χ3v) is 4.12. The maximum atomic E-state index is 14.0. The van der Waals surface area contributed by atoms with Crippen molar-refractivity contribution in [1.29, 1.82) is 0 Å². The maximum absolute atomic E-state index is 14.0. The van der Waals surface area contributed by atoms with Gasteiger partial charge in [0.2, 0.25) is 0 Å². The Kier molecular flexibility index (Phi) is 4.19. The Hall–Kier alpha value is -1.02. The molecule has 0 saturated carbocycles. The number of carbonyl (C=O) groups is 2. The van der Waals surface area contributed by atoms with Gasteiger partial charge in [0.1, 0.15) is 17.0 Å². The minimum atomic E-state index is -0.777. The average molecular weight is 396 g/mol. The quantitative estimate of drug-likeness (QED) is 0.672. The molecule has 1 heterocycles. The molecule has 5 nitrogen and oxygen atoms in total. The van der Waals surface area contributed by atoms with Crippen molar-refractivity contribution in [3.8, 4) is 0 Å². The molecule has 0 saturated heterocycles. The summed E-state index contributed by atoms with van der Waals surface area (Å²) in [5.41, 5.74) is 0. The summed E-state index contributed by atoms with van der Waals surface area (Å²) in [6.07, 6.45) is 3.07. The molecule has 0 radical (unpaired) electrons. The van der Waals surface area contributed by atoms with E-state index in [0.717, 1.165) is 5.01 Å². The molecule has 1 amide bonds. The van der Waals surface area contributed by atoms with Crippen molar-refractivity contribution in [3.63, 3.8) is 0 Å². The summed E-state index contributed by atoms with van der Waals surface area (Å²) in [5.74, 6) is -2.98. The van der Waals surface area contributed by atoms with E-state index in [1.807, 2.05) is 0 Å². The second kappa shape index (κ2) is 5.54. The molecule has 8 heteroatoms. The van der Waals surface area contributed by atoms with Gasteiger partial charge in [-0.3, -0.25) is 9.59 Å². The van der Waals surface area contributed by atoms with Crippen LogP contribution in [0.2, 0.25) is 0 Å². The number of halogens is 3. The number of methoxy groups -OCH3 is 1. The van der Waals surface area contributed by atoms with Crippen LogP contribution in [-0.4, -0.2) is 35.2 Å². The first-order valence-electron chi connectivity index (χ1n) is 5.31. The van der Waals surface area contributed by atoms with Crippen LogP contribution in [0.5, 0.6) is 0 Å². The van der Waals surface area contributed by atoms with Gasteiger partial charge < -0.3 is 4.74 Å². The lowest BCUT2D eigenvalue weighted by Crippen LogP contribution is -2.45. The Morgan fingerprint density at radius 2 is 2.26 bits per heavy atom. The van der Waals surface area contributed by atoms with Crippen LogP contribution in [0.1, 0.15) is 0 Å². The number of esters is 1. The number of carbonyl (C=O) groups excluding carboxylic acids is 2. The molecule has 0 aromatic carbocycles. The molecule has 0 spiro atoms. The maximum Gasteiger partial charge on any atom is 0.327 e. The largest absolute Gasteiger partial charge is 0.468 e. The first-order chi connectivity index (χ1) is 8.95. The molecule has 19 heavy (non-hydrogen) atoms. The third-order valence-electron chi connectivity index (χ3n) is 2.83. The molecule has 0 N–H and O–H groups in total. The molecule has 2 rings (SSSR count). The summed E-state index contributed by atoms with van der Waals surface area (Å²) in [5, 5.41) is 4.89. The van der Waals surface area contributed by atoms with E-state index in [4.69, 9.17) is 0 Å². The second-order valence-electron chi connectivity index (χ2n) is 3.95. The van der Waals surface area contributed by atoms with Gasteiger partial charge in [-0.2, -0.15) is 5.10 Å². The van der Waals surface area contributed by atoms with Crippen LogP contribution in [-0.2, 0) is 14.3 Å². The zero-order valence-electron chi connectivity index (χ0n) is 9.77. The second-order valence-corrected chi connectivity index (χ2v) is 5.62. The fourth-order valence-corrected chi connectivity index (χ4v) is 2.94. The summed E-state index contributed by atoms with van der Waals surface area (Å²) in [4.78, 5) is 23.3. The van der Waals surface area contributed by atoms with E-state index in [1.54, 1.807) is 6.08 Å². The highest BCUT2D eigenvalue weighted by Crippen LogP contribution is 2.39. The number of hydrogen-bond donors (Lipinski definition) is 0. The van der Waals surface area contributed by atoms with E-state index in [9.17, 15) is 14.0 Å². The Bertz CT molecular complexity index is 530. The molecule has 0 aromatic rings. The monoisotopic (exact) mass is 394 g/mol. The zero-order valence-corrected chi connectivity index (χ0v) is 12.9. The average Bonchev–Trinajstić information content (AvgIpc) is 2.38. The van der Waals surface area contributed by atoms with Gasteiger partial charge in [0, 0.05) is 4.48 Å². The van der Waals surface area contributed by atoms with E-state index in [0.29, 0.717) is 0 Å². The predicted molar refractivity (Wildman–Crippen MR) is 73.3 cm³/mol. The normalized spacial score (nSPS) is 26.2. The molecule has 1 aliphatic heterocycles. The van der Waals surface area contributed by atoms with E-state index in [1.165, 1.54) is 13.2 Å². The molecular formula is C11H9Br2FN2O3. The lowest BCUT2D eigenvalue weighted by Gasteiger charge is -2.33. The summed E-state index contributed by atoms with van der Waals surface area (Å²) in [6, 6.07) is 0. The molecule has 1 aliphatic carbocycles. The first kappa shape index (κ1) is 14.4. The van der Waals surface area contributed by atoms with Gasteiger partial charge in [-0.05, 0) is 37.9 Å². The number of rotatable bonds is 2. The van der Waals surface area contributed by atoms with Crippen molar-refractivity contribution in [2.75, 3.05) is 13.7 Å². The Labute approximate surface area is 125 Å². The number of hydrazone groups is 1. The first-order valence-corrected chi connectivity index (χ1v) is 6.90. The third kappa shape index (κ3) is 2.64. The van der Waals surface area contributed by atoms with Crippen molar-refractivity contribution >= 4 is 48.4 Å². The topological polar surface area (TPSA) is 59.0 Å². The van der Waals surface area contributed by atoms with Crippen molar-refractivity contribution in [3.05, 3.63) is 22.5 Å². The summed E-state index contributed by atoms with van der Waals surface area (Å²) >= 11 is 6.23. The number of ether oxygens (including phenoxy) is 1. The van der Waals surface area contributed by atoms with Crippen LogP contribution in [0.3, 0.4) is 0 Å². The standard InChI is InChI=1S/C11H9Br2FN2O3/c1-19-7(17)4-16-11(18)5-2-3-6(12)9(14)8(5)10(13)15-16/h2-3,5,8H,4H2,1H3. The van der Waals surface area contributed by atoms with Crippen LogP contribution in [0, 0.1) is 11.8 Å². The molecule has 2 aliphatic rings. The summed E-state index contributed by atoms with van der Waals surface area (Å²) in [6.45, 7) is -0.298. The van der Waals surface area contributed by atoms with E-state index in [2.05, 4.69) is 41.7 Å². The smallest absolute Gasteiger partial charge is 0.327 e. The van der Waals surface area contributed by atoms with Crippen molar-refractivity contribution in [2.24, 2.45) is 16.9 Å². The molecule has 102 valence electrons. The van der Waals surface area contributed by atoms with Crippen LogP contribution >= 0.6 is 31.9 Å². The van der Waals surface area contributed by atoms with E-state index < -0.39 is 29.5 Å². The molecule has 2 atom stereocenters. The molecule has 0 bridgehead atoms. The Balaban J connectivity index is 2.32. The lowest BCUT2D eigenvalue weighted by atomic mass is 9.86. The van der Waals surface area contributed by atoms with Crippen LogP contribution < -0.4 is 0 Å².